The number of hydrogen-bond donors (Lipinski definition) is 1. The Hall–Kier alpha value is -1.95. The van der Waals surface area contributed by atoms with Gasteiger partial charge >= 0.3 is 0 Å². The molecular formula is C16H15BrF2N2O. The van der Waals surface area contributed by atoms with Gasteiger partial charge in [-0.2, -0.15) is 0 Å². The highest BCUT2D eigenvalue weighted by Gasteiger charge is 2.11. The highest BCUT2D eigenvalue weighted by molar-refractivity contribution is 9.10. The molecule has 0 unspecified atom stereocenters. The van der Waals surface area contributed by atoms with Crippen molar-refractivity contribution in [3.05, 3.63) is 64.1 Å². The van der Waals surface area contributed by atoms with E-state index in [0.29, 0.717) is 17.6 Å². The summed E-state index contributed by atoms with van der Waals surface area (Å²) in [5.74, 6) is -1.08. The topological polar surface area (TPSA) is 46.3 Å². The summed E-state index contributed by atoms with van der Waals surface area (Å²) in [6.07, 6.45) is 0.177. The van der Waals surface area contributed by atoms with Crippen molar-refractivity contribution in [2.45, 2.75) is 13.0 Å². The van der Waals surface area contributed by atoms with Gasteiger partial charge < -0.3 is 10.6 Å². The van der Waals surface area contributed by atoms with Crippen molar-refractivity contribution in [1.82, 2.24) is 0 Å². The smallest absolute Gasteiger partial charge is 0.219 e. The average Bonchev–Trinajstić information content (AvgIpc) is 2.46. The molecule has 0 saturated carbocycles. The summed E-state index contributed by atoms with van der Waals surface area (Å²) in [5, 5.41) is 0. The van der Waals surface area contributed by atoms with Crippen LogP contribution in [-0.4, -0.2) is 12.5 Å². The molecule has 1 amide bonds. The van der Waals surface area contributed by atoms with E-state index in [-0.39, 0.29) is 18.1 Å². The summed E-state index contributed by atoms with van der Waals surface area (Å²) in [4.78, 5) is 12.9. The third kappa shape index (κ3) is 4.53. The molecule has 2 aromatic carbocycles. The molecule has 3 nitrogen and oxygen atoms in total. The van der Waals surface area contributed by atoms with Crippen LogP contribution in [0.15, 0.2) is 46.9 Å². The largest absolute Gasteiger partial charge is 0.370 e. The van der Waals surface area contributed by atoms with Gasteiger partial charge in [0.1, 0.15) is 11.6 Å². The fourth-order valence-electron chi connectivity index (χ4n) is 2.05. The van der Waals surface area contributed by atoms with Gasteiger partial charge in [0.25, 0.3) is 0 Å². The zero-order valence-electron chi connectivity index (χ0n) is 11.7. The van der Waals surface area contributed by atoms with Crippen LogP contribution in [0.4, 0.5) is 14.5 Å². The van der Waals surface area contributed by atoms with E-state index < -0.39 is 5.91 Å². The van der Waals surface area contributed by atoms with Crippen molar-refractivity contribution in [2.24, 2.45) is 5.73 Å². The Morgan fingerprint density at radius 3 is 2.32 bits per heavy atom. The SMILES string of the molecule is NC(=O)CCN(Cc1ccc(F)cc1Br)c1ccc(F)cc1. The monoisotopic (exact) mass is 368 g/mol. The van der Waals surface area contributed by atoms with Crippen LogP contribution in [0.5, 0.6) is 0 Å². The number of halogens is 3. The number of carbonyl (C=O) groups is 1. The normalized spacial score (nSPS) is 10.5. The van der Waals surface area contributed by atoms with Crippen molar-refractivity contribution in [2.75, 3.05) is 11.4 Å². The average molecular weight is 369 g/mol. The molecule has 0 radical (unpaired) electrons. The number of nitrogens with two attached hydrogens (primary N) is 1. The second-order valence-electron chi connectivity index (χ2n) is 4.85. The minimum atomic E-state index is -0.412. The molecule has 0 aliphatic heterocycles. The lowest BCUT2D eigenvalue weighted by Gasteiger charge is -2.25. The summed E-state index contributed by atoms with van der Waals surface area (Å²) in [6, 6.07) is 10.4. The van der Waals surface area contributed by atoms with Gasteiger partial charge in [0, 0.05) is 29.7 Å². The van der Waals surface area contributed by atoms with Crippen molar-refractivity contribution in [3.63, 3.8) is 0 Å². The molecule has 2 N–H and O–H groups in total. The third-order valence-corrected chi connectivity index (χ3v) is 3.93. The molecule has 22 heavy (non-hydrogen) atoms. The van der Waals surface area contributed by atoms with Crippen LogP contribution >= 0.6 is 15.9 Å². The van der Waals surface area contributed by atoms with E-state index >= 15 is 0 Å². The van der Waals surface area contributed by atoms with E-state index in [4.69, 9.17) is 5.73 Å². The molecule has 116 valence electrons. The zero-order chi connectivity index (χ0) is 16.1. The third-order valence-electron chi connectivity index (χ3n) is 3.20. The van der Waals surface area contributed by atoms with Gasteiger partial charge in [0.2, 0.25) is 5.91 Å². The maximum atomic E-state index is 13.2. The Balaban J connectivity index is 2.23. The fourth-order valence-corrected chi connectivity index (χ4v) is 2.53. The second-order valence-corrected chi connectivity index (χ2v) is 5.70. The first kappa shape index (κ1) is 16.4. The van der Waals surface area contributed by atoms with E-state index in [9.17, 15) is 13.6 Å². The van der Waals surface area contributed by atoms with Crippen LogP contribution in [-0.2, 0) is 11.3 Å². The second kappa shape index (κ2) is 7.35. The quantitative estimate of drug-likeness (QED) is 0.846. The van der Waals surface area contributed by atoms with Gasteiger partial charge in [-0.25, -0.2) is 8.78 Å². The zero-order valence-corrected chi connectivity index (χ0v) is 13.3. The van der Waals surface area contributed by atoms with Gasteiger partial charge in [0.15, 0.2) is 0 Å². The van der Waals surface area contributed by atoms with E-state index in [0.717, 1.165) is 11.3 Å². The molecule has 0 saturated heterocycles. The van der Waals surface area contributed by atoms with E-state index in [1.54, 1.807) is 18.2 Å². The maximum Gasteiger partial charge on any atom is 0.219 e. The number of hydrogen-bond acceptors (Lipinski definition) is 2. The first-order valence-corrected chi connectivity index (χ1v) is 7.48. The standard InChI is InChI=1S/C16H15BrF2N2O/c17-15-9-13(19)2-1-11(15)10-21(8-7-16(20)22)14-5-3-12(18)4-6-14/h1-6,9H,7-8,10H2,(H2,20,22). The molecule has 0 aliphatic rings. The Morgan fingerprint density at radius 1 is 1.09 bits per heavy atom. The van der Waals surface area contributed by atoms with Crippen LogP contribution in [0.1, 0.15) is 12.0 Å². The van der Waals surface area contributed by atoms with Crippen molar-refractivity contribution in [3.8, 4) is 0 Å². The Bertz CT molecular complexity index is 662. The Kier molecular flexibility index (Phi) is 5.49. The van der Waals surface area contributed by atoms with Gasteiger partial charge in [-0.15, -0.1) is 0 Å². The molecular weight excluding hydrogens is 354 g/mol. The molecule has 0 fully saturated rings. The lowest BCUT2D eigenvalue weighted by Crippen LogP contribution is -2.27. The number of rotatable bonds is 6. The lowest BCUT2D eigenvalue weighted by molar-refractivity contribution is -0.117. The molecule has 0 bridgehead atoms. The van der Waals surface area contributed by atoms with Crippen LogP contribution in [0.3, 0.4) is 0 Å². The van der Waals surface area contributed by atoms with Crippen LogP contribution in [0, 0.1) is 11.6 Å². The summed E-state index contributed by atoms with van der Waals surface area (Å²) >= 11 is 3.32. The fraction of sp³-hybridized carbons (Fsp3) is 0.188. The number of primary amides is 1. The van der Waals surface area contributed by atoms with Gasteiger partial charge in [0.05, 0.1) is 0 Å². The summed E-state index contributed by atoms with van der Waals surface area (Å²) in [6.45, 7) is 0.838. The van der Waals surface area contributed by atoms with Crippen LogP contribution in [0.2, 0.25) is 0 Å². The molecule has 0 aromatic heterocycles. The van der Waals surface area contributed by atoms with Crippen molar-refractivity contribution < 1.29 is 13.6 Å². The summed E-state index contributed by atoms with van der Waals surface area (Å²) < 4.78 is 26.9. The van der Waals surface area contributed by atoms with Gasteiger partial charge in [-0.3, -0.25) is 4.79 Å². The summed E-state index contributed by atoms with van der Waals surface area (Å²) in [5.41, 5.74) is 6.82. The Morgan fingerprint density at radius 2 is 1.73 bits per heavy atom. The minimum Gasteiger partial charge on any atom is -0.370 e. The van der Waals surface area contributed by atoms with Crippen molar-refractivity contribution in [1.29, 1.82) is 0 Å². The van der Waals surface area contributed by atoms with E-state index in [1.807, 2.05) is 4.90 Å². The number of amides is 1. The number of benzene rings is 2. The number of carbonyl (C=O) groups excluding carboxylic acids is 1. The van der Waals surface area contributed by atoms with Crippen LogP contribution in [0.25, 0.3) is 0 Å². The highest BCUT2D eigenvalue weighted by atomic mass is 79.9. The molecule has 2 aromatic rings. The molecule has 6 heteroatoms. The highest BCUT2D eigenvalue weighted by Crippen LogP contribution is 2.23. The number of nitrogens with zero attached hydrogens (tertiary/aromatic N) is 1. The molecule has 0 heterocycles. The van der Waals surface area contributed by atoms with Gasteiger partial charge in [-0.1, -0.05) is 22.0 Å². The molecule has 0 spiro atoms. The van der Waals surface area contributed by atoms with E-state index in [2.05, 4.69) is 15.9 Å². The molecule has 2 rings (SSSR count). The maximum absolute atomic E-state index is 13.2. The first-order valence-electron chi connectivity index (χ1n) is 6.68. The Labute approximate surface area is 135 Å². The minimum absolute atomic E-state index is 0.177. The molecule has 0 atom stereocenters. The predicted molar refractivity (Wildman–Crippen MR) is 85.4 cm³/mol. The van der Waals surface area contributed by atoms with Gasteiger partial charge in [-0.05, 0) is 42.0 Å². The molecule has 0 aliphatic carbocycles. The first-order chi connectivity index (χ1) is 10.5. The number of anilines is 1. The van der Waals surface area contributed by atoms with Crippen molar-refractivity contribution >= 4 is 27.5 Å². The summed E-state index contributed by atoms with van der Waals surface area (Å²) in [7, 11) is 0. The predicted octanol–water partition coefficient (Wildman–Crippen LogP) is 3.61. The van der Waals surface area contributed by atoms with Crippen LogP contribution < -0.4 is 10.6 Å². The lowest BCUT2D eigenvalue weighted by atomic mass is 10.1. The van der Waals surface area contributed by atoms with E-state index in [1.165, 1.54) is 24.3 Å².